The standard InChI is InChI=1S/C15H21N3O3/c1-4-11-15(20)18(12(5-2)14(19)17-11)9-10-7-6-8-13(16-10)21-3/h6-8,11-12H,4-5,9H2,1-3H3,(H,17,19). The predicted molar refractivity (Wildman–Crippen MR) is 77.6 cm³/mol. The maximum Gasteiger partial charge on any atom is 0.246 e. The molecule has 2 atom stereocenters. The molecule has 0 radical (unpaired) electrons. The maximum atomic E-state index is 12.5. The number of nitrogens with zero attached hydrogens (tertiary/aromatic N) is 2. The van der Waals surface area contributed by atoms with E-state index in [9.17, 15) is 9.59 Å². The number of pyridine rings is 1. The van der Waals surface area contributed by atoms with Crippen molar-refractivity contribution in [3.63, 3.8) is 0 Å². The van der Waals surface area contributed by atoms with Gasteiger partial charge in [0.05, 0.1) is 19.3 Å². The highest BCUT2D eigenvalue weighted by Gasteiger charge is 2.38. The number of nitrogens with one attached hydrogen (secondary N) is 1. The first-order chi connectivity index (χ1) is 10.1. The third kappa shape index (κ3) is 3.15. The molecule has 2 amide bonds. The Morgan fingerprint density at radius 1 is 1.29 bits per heavy atom. The number of piperazine rings is 1. The molecule has 2 heterocycles. The third-order valence-electron chi connectivity index (χ3n) is 3.69. The molecule has 6 heteroatoms. The third-order valence-corrected chi connectivity index (χ3v) is 3.69. The molecule has 1 fully saturated rings. The van der Waals surface area contributed by atoms with Crippen LogP contribution in [0, 0.1) is 0 Å². The Balaban J connectivity index is 2.24. The van der Waals surface area contributed by atoms with Gasteiger partial charge in [0.1, 0.15) is 12.1 Å². The highest BCUT2D eigenvalue weighted by atomic mass is 16.5. The van der Waals surface area contributed by atoms with Crippen LogP contribution < -0.4 is 10.1 Å². The van der Waals surface area contributed by atoms with E-state index in [4.69, 9.17) is 4.74 Å². The quantitative estimate of drug-likeness (QED) is 0.882. The van der Waals surface area contributed by atoms with E-state index in [1.807, 2.05) is 26.0 Å². The molecule has 1 aliphatic heterocycles. The second-order valence-corrected chi connectivity index (χ2v) is 5.03. The van der Waals surface area contributed by atoms with E-state index in [2.05, 4.69) is 10.3 Å². The smallest absolute Gasteiger partial charge is 0.246 e. The number of carbonyl (C=O) groups excluding carboxylic acids is 2. The summed E-state index contributed by atoms with van der Waals surface area (Å²) >= 11 is 0. The van der Waals surface area contributed by atoms with Gasteiger partial charge >= 0.3 is 0 Å². The number of rotatable bonds is 5. The monoisotopic (exact) mass is 291 g/mol. The Kier molecular flexibility index (Phi) is 4.77. The van der Waals surface area contributed by atoms with Crippen molar-refractivity contribution in [2.24, 2.45) is 0 Å². The van der Waals surface area contributed by atoms with Gasteiger partial charge in [-0.05, 0) is 18.9 Å². The Morgan fingerprint density at radius 2 is 2.05 bits per heavy atom. The molecule has 6 nitrogen and oxygen atoms in total. The van der Waals surface area contributed by atoms with Gasteiger partial charge in [-0.15, -0.1) is 0 Å². The number of ether oxygens (including phenoxy) is 1. The molecule has 1 aromatic rings. The van der Waals surface area contributed by atoms with Crippen LogP contribution in [0.5, 0.6) is 5.88 Å². The number of hydrogen-bond donors (Lipinski definition) is 1. The van der Waals surface area contributed by atoms with Gasteiger partial charge in [-0.1, -0.05) is 19.9 Å². The molecule has 1 N–H and O–H groups in total. The van der Waals surface area contributed by atoms with E-state index in [-0.39, 0.29) is 11.8 Å². The fraction of sp³-hybridized carbons (Fsp3) is 0.533. The lowest BCUT2D eigenvalue weighted by molar-refractivity contribution is -0.150. The van der Waals surface area contributed by atoms with Crippen LogP contribution in [0.15, 0.2) is 18.2 Å². The average molecular weight is 291 g/mol. The minimum Gasteiger partial charge on any atom is -0.481 e. The van der Waals surface area contributed by atoms with Gasteiger partial charge in [0, 0.05) is 6.07 Å². The van der Waals surface area contributed by atoms with Crippen molar-refractivity contribution >= 4 is 11.8 Å². The predicted octanol–water partition coefficient (Wildman–Crippen LogP) is 1.11. The van der Waals surface area contributed by atoms with E-state index < -0.39 is 12.1 Å². The maximum absolute atomic E-state index is 12.5. The van der Waals surface area contributed by atoms with Crippen molar-refractivity contribution in [1.29, 1.82) is 0 Å². The Bertz CT molecular complexity index is 533. The molecule has 1 saturated heterocycles. The Morgan fingerprint density at radius 3 is 2.67 bits per heavy atom. The van der Waals surface area contributed by atoms with E-state index in [0.29, 0.717) is 31.0 Å². The van der Waals surface area contributed by atoms with E-state index in [0.717, 1.165) is 0 Å². The van der Waals surface area contributed by atoms with Crippen LogP contribution in [0.4, 0.5) is 0 Å². The van der Waals surface area contributed by atoms with Gasteiger partial charge in [-0.3, -0.25) is 9.59 Å². The second-order valence-electron chi connectivity index (χ2n) is 5.03. The van der Waals surface area contributed by atoms with Crippen molar-refractivity contribution in [2.45, 2.75) is 45.3 Å². The number of hydrogen-bond acceptors (Lipinski definition) is 4. The highest BCUT2D eigenvalue weighted by molar-refractivity contribution is 5.96. The summed E-state index contributed by atoms with van der Waals surface area (Å²) in [5, 5.41) is 2.78. The molecule has 1 aliphatic rings. The van der Waals surface area contributed by atoms with Gasteiger partial charge in [-0.2, -0.15) is 0 Å². The molecule has 1 aromatic heterocycles. The first-order valence-electron chi connectivity index (χ1n) is 7.21. The van der Waals surface area contributed by atoms with Crippen LogP contribution in [0.3, 0.4) is 0 Å². The summed E-state index contributed by atoms with van der Waals surface area (Å²) in [5.41, 5.74) is 0.714. The zero-order valence-electron chi connectivity index (χ0n) is 12.6. The zero-order chi connectivity index (χ0) is 15.4. The molecule has 0 saturated carbocycles. The molecule has 0 bridgehead atoms. The molecule has 0 aromatic carbocycles. The van der Waals surface area contributed by atoms with Gasteiger partial charge in [-0.25, -0.2) is 4.98 Å². The first kappa shape index (κ1) is 15.3. The SMILES string of the molecule is CCC1NC(=O)C(CC)N(Cc2cccc(OC)n2)C1=O. The molecule has 0 spiro atoms. The Labute approximate surface area is 124 Å². The fourth-order valence-electron chi connectivity index (χ4n) is 2.53. The van der Waals surface area contributed by atoms with Crippen molar-refractivity contribution in [1.82, 2.24) is 15.2 Å². The van der Waals surface area contributed by atoms with Crippen LogP contribution in [0.2, 0.25) is 0 Å². The van der Waals surface area contributed by atoms with E-state index >= 15 is 0 Å². The first-order valence-corrected chi connectivity index (χ1v) is 7.21. The summed E-state index contributed by atoms with van der Waals surface area (Å²) in [6.07, 6.45) is 1.17. The summed E-state index contributed by atoms with van der Waals surface area (Å²) in [7, 11) is 1.55. The summed E-state index contributed by atoms with van der Waals surface area (Å²) in [5.74, 6) is 0.363. The molecule has 0 aliphatic carbocycles. The molecular weight excluding hydrogens is 270 g/mol. The van der Waals surface area contributed by atoms with Crippen molar-refractivity contribution < 1.29 is 14.3 Å². The van der Waals surface area contributed by atoms with Crippen LogP contribution in [-0.2, 0) is 16.1 Å². The average Bonchev–Trinajstić information content (AvgIpc) is 2.51. The number of methoxy groups -OCH3 is 1. The van der Waals surface area contributed by atoms with E-state index in [1.54, 1.807) is 18.1 Å². The van der Waals surface area contributed by atoms with Crippen LogP contribution in [0.1, 0.15) is 32.4 Å². The minimum atomic E-state index is -0.439. The number of amides is 2. The summed E-state index contributed by atoms with van der Waals surface area (Å²) in [4.78, 5) is 30.5. The zero-order valence-corrected chi connectivity index (χ0v) is 12.6. The molecule has 114 valence electrons. The van der Waals surface area contributed by atoms with Gasteiger partial charge in [0.25, 0.3) is 0 Å². The van der Waals surface area contributed by atoms with Crippen LogP contribution >= 0.6 is 0 Å². The molecule has 2 unspecified atom stereocenters. The molecular formula is C15H21N3O3. The minimum absolute atomic E-state index is 0.0476. The fourth-order valence-corrected chi connectivity index (χ4v) is 2.53. The van der Waals surface area contributed by atoms with Crippen molar-refractivity contribution in [3.8, 4) is 5.88 Å². The lowest BCUT2D eigenvalue weighted by atomic mass is 10.0. The Hall–Kier alpha value is -2.11. The normalized spacial score (nSPS) is 22.1. The topological polar surface area (TPSA) is 71.5 Å². The highest BCUT2D eigenvalue weighted by Crippen LogP contribution is 2.18. The summed E-state index contributed by atoms with van der Waals surface area (Å²) < 4.78 is 5.09. The summed E-state index contributed by atoms with van der Waals surface area (Å²) in [6.45, 7) is 4.10. The van der Waals surface area contributed by atoms with Crippen LogP contribution in [-0.4, -0.2) is 40.9 Å². The molecule has 21 heavy (non-hydrogen) atoms. The second kappa shape index (κ2) is 6.56. The number of carbonyl (C=O) groups is 2. The lowest BCUT2D eigenvalue weighted by Gasteiger charge is -2.38. The van der Waals surface area contributed by atoms with Crippen LogP contribution in [0.25, 0.3) is 0 Å². The van der Waals surface area contributed by atoms with Gasteiger partial charge in [0.15, 0.2) is 0 Å². The summed E-state index contributed by atoms with van der Waals surface area (Å²) in [6, 6.07) is 4.53. The van der Waals surface area contributed by atoms with Gasteiger partial charge < -0.3 is 15.0 Å². The van der Waals surface area contributed by atoms with Gasteiger partial charge in [0.2, 0.25) is 17.7 Å². The van der Waals surface area contributed by atoms with Crippen molar-refractivity contribution in [3.05, 3.63) is 23.9 Å². The van der Waals surface area contributed by atoms with Crippen molar-refractivity contribution in [2.75, 3.05) is 7.11 Å². The largest absolute Gasteiger partial charge is 0.481 e. The lowest BCUT2D eigenvalue weighted by Crippen LogP contribution is -2.62. The number of aromatic nitrogens is 1. The molecule has 2 rings (SSSR count). The van der Waals surface area contributed by atoms with E-state index in [1.165, 1.54) is 0 Å².